The van der Waals surface area contributed by atoms with Gasteiger partial charge in [0.05, 0.1) is 18.6 Å². The Labute approximate surface area is 215 Å². The fourth-order valence-corrected chi connectivity index (χ4v) is 9.29. The van der Waals surface area contributed by atoms with E-state index in [1.54, 1.807) is 12.3 Å². The van der Waals surface area contributed by atoms with Crippen LogP contribution in [0.5, 0.6) is 0 Å². The summed E-state index contributed by atoms with van der Waals surface area (Å²) in [6, 6.07) is 1.75. The van der Waals surface area contributed by atoms with Crippen molar-refractivity contribution in [3.05, 3.63) is 36.3 Å². The molecule has 5 aliphatic rings. The molecule has 9 heteroatoms. The number of ether oxygens (including phenoxy) is 4. The number of aliphatic hydroxyl groups is 1. The van der Waals surface area contributed by atoms with Gasteiger partial charge in [0.1, 0.15) is 23.4 Å². The molecule has 0 amide bonds. The predicted octanol–water partition coefficient (Wildman–Crippen LogP) is 3.26. The third-order valence-corrected chi connectivity index (χ3v) is 10.4. The van der Waals surface area contributed by atoms with Gasteiger partial charge >= 0.3 is 17.9 Å². The van der Waals surface area contributed by atoms with Crippen LogP contribution >= 0.6 is 0 Å². The Bertz CT molecular complexity index is 1200. The molecule has 1 unspecified atom stereocenters. The van der Waals surface area contributed by atoms with Gasteiger partial charge in [0, 0.05) is 41.2 Å². The monoisotopic (exact) mass is 514 g/mol. The number of carbonyl (C=O) groups is 3. The number of hydrogen-bond acceptors (Lipinski definition) is 9. The van der Waals surface area contributed by atoms with Crippen molar-refractivity contribution in [3.8, 4) is 0 Å². The summed E-state index contributed by atoms with van der Waals surface area (Å²) in [5, 5.41) is 12.1. The molecule has 37 heavy (non-hydrogen) atoms. The number of cyclic esters (lactones) is 2. The zero-order valence-corrected chi connectivity index (χ0v) is 22.0. The molecule has 4 fully saturated rings. The molecule has 2 aliphatic carbocycles. The summed E-state index contributed by atoms with van der Waals surface area (Å²) in [5.74, 6) is -2.21. The van der Waals surface area contributed by atoms with Gasteiger partial charge in [-0.1, -0.05) is 26.8 Å². The summed E-state index contributed by atoms with van der Waals surface area (Å²) in [5.41, 5.74) is -3.89. The smallest absolute Gasteiger partial charge is 0.339 e. The molecule has 1 N–H and O–H groups in total. The Morgan fingerprint density at radius 2 is 1.86 bits per heavy atom. The molecular formula is C28H34O9. The van der Waals surface area contributed by atoms with Crippen LogP contribution in [-0.2, 0) is 33.3 Å². The second-order valence-electron chi connectivity index (χ2n) is 12.7. The van der Waals surface area contributed by atoms with Crippen LogP contribution in [0, 0.1) is 28.1 Å². The minimum atomic E-state index is -1.08. The maximum atomic E-state index is 13.3. The Morgan fingerprint density at radius 1 is 1.14 bits per heavy atom. The van der Waals surface area contributed by atoms with Crippen molar-refractivity contribution in [1.82, 2.24) is 0 Å². The van der Waals surface area contributed by atoms with Gasteiger partial charge in [0.15, 0.2) is 6.10 Å². The standard InChI is InChI=1S/C28H34O9/c1-14(29)34-18-11-17-24(2,3)36-19(31)7-9-25(17,4)20-16(30)12-26(5)21(15-8-10-33-13-15)35-23(32)22-28(26,37-22)27(18,20)6/h7-10,13,16-18,20-22,30H,11-12H2,1-6H3/t16-,17-,18+,20?,21-,22+,25-,26-,27+,28+/m0/s1. The van der Waals surface area contributed by atoms with Gasteiger partial charge in [-0.25, -0.2) is 9.59 Å². The van der Waals surface area contributed by atoms with Crippen molar-refractivity contribution in [2.45, 2.75) is 90.0 Å². The summed E-state index contributed by atoms with van der Waals surface area (Å²) in [6.07, 6.45) is 3.78. The molecule has 2 saturated heterocycles. The molecule has 9 nitrogen and oxygen atoms in total. The number of epoxide rings is 1. The Morgan fingerprint density at radius 3 is 2.51 bits per heavy atom. The van der Waals surface area contributed by atoms with E-state index >= 15 is 0 Å². The zero-order chi connectivity index (χ0) is 26.8. The second-order valence-corrected chi connectivity index (χ2v) is 12.7. The van der Waals surface area contributed by atoms with E-state index in [1.165, 1.54) is 19.3 Å². The summed E-state index contributed by atoms with van der Waals surface area (Å²) < 4.78 is 29.5. The first-order chi connectivity index (χ1) is 17.2. The molecule has 4 heterocycles. The van der Waals surface area contributed by atoms with Crippen LogP contribution < -0.4 is 0 Å². The quantitative estimate of drug-likeness (QED) is 0.360. The van der Waals surface area contributed by atoms with E-state index in [-0.39, 0.29) is 12.3 Å². The van der Waals surface area contributed by atoms with Gasteiger partial charge in [-0.15, -0.1) is 0 Å². The molecule has 2 saturated carbocycles. The molecule has 200 valence electrons. The highest BCUT2D eigenvalue weighted by atomic mass is 16.7. The van der Waals surface area contributed by atoms with E-state index in [0.717, 1.165) is 0 Å². The average molecular weight is 515 g/mol. The highest BCUT2D eigenvalue weighted by Crippen LogP contribution is 2.79. The van der Waals surface area contributed by atoms with Crippen molar-refractivity contribution in [3.63, 3.8) is 0 Å². The summed E-state index contributed by atoms with van der Waals surface area (Å²) in [4.78, 5) is 38.4. The normalized spacial score (nSPS) is 49.3. The van der Waals surface area contributed by atoms with Crippen LogP contribution in [0.4, 0.5) is 0 Å². The number of hydrogen-bond donors (Lipinski definition) is 1. The van der Waals surface area contributed by atoms with Crippen molar-refractivity contribution >= 4 is 17.9 Å². The van der Waals surface area contributed by atoms with Crippen LogP contribution in [0.3, 0.4) is 0 Å². The van der Waals surface area contributed by atoms with E-state index in [2.05, 4.69) is 0 Å². The highest BCUT2D eigenvalue weighted by Gasteiger charge is 2.89. The number of furan rings is 1. The molecule has 1 spiro atoms. The minimum absolute atomic E-state index is 0.269. The lowest BCUT2D eigenvalue weighted by Crippen LogP contribution is -2.75. The van der Waals surface area contributed by atoms with Gasteiger partial charge in [-0.3, -0.25) is 4.79 Å². The molecule has 0 bridgehead atoms. The van der Waals surface area contributed by atoms with E-state index < -0.39 is 75.7 Å². The molecule has 1 aromatic heterocycles. The maximum absolute atomic E-state index is 13.3. The molecular weight excluding hydrogens is 480 g/mol. The fraction of sp³-hybridized carbons (Fsp3) is 0.679. The molecule has 0 aromatic carbocycles. The average Bonchev–Trinajstić information content (AvgIpc) is 3.38. The third kappa shape index (κ3) is 2.84. The molecule has 10 atom stereocenters. The molecule has 3 aliphatic heterocycles. The number of carbonyl (C=O) groups excluding carboxylic acids is 3. The maximum Gasteiger partial charge on any atom is 0.339 e. The summed E-state index contributed by atoms with van der Waals surface area (Å²) in [7, 11) is 0. The van der Waals surface area contributed by atoms with Crippen LogP contribution in [0.2, 0.25) is 0 Å². The number of rotatable bonds is 2. The van der Waals surface area contributed by atoms with Crippen molar-refractivity contribution in [1.29, 1.82) is 0 Å². The van der Waals surface area contributed by atoms with Crippen LogP contribution in [-0.4, -0.2) is 52.5 Å². The predicted molar refractivity (Wildman–Crippen MR) is 127 cm³/mol. The first-order valence-corrected chi connectivity index (χ1v) is 12.9. The fourth-order valence-electron chi connectivity index (χ4n) is 9.29. The summed E-state index contributed by atoms with van der Waals surface area (Å²) >= 11 is 0. The molecule has 0 radical (unpaired) electrons. The molecule has 1 aromatic rings. The summed E-state index contributed by atoms with van der Waals surface area (Å²) in [6.45, 7) is 11.0. The Hall–Kier alpha value is -2.65. The van der Waals surface area contributed by atoms with Crippen molar-refractivity contribution < 1.29 is 42.9 Å². The Balaban J connectivity index is 1.59. The largest absolute Gasteiger partial charge is 0.472 e. The number of fused-ring (bicyclic) bond motifs is 3. The third-order valence-electron chi connectivity index (χ3n) is 10.4. The van der Waals surface area contributed by atoms with E-state index in [0.29, 0.717) is 12.0 Å². The van der Waals surface area contributed by atoms with Gasteiger partial charge in [-0.2, -0.15) is 0 Å². The lowest BCUT2D eigenvalue weighted by molar-refractivity contribution is -0.281. The van der Waals surface area contributed by atoms with Gasteiger partial charge in [-0.05, 0) is 38.2 Å². The lowest BCUT2D eigenvalue weighted by atomic mass is 9.36. The van der Waals surface area contributed by atoms with Gasteiger partial charge in [0.25, 0.3) is 0 Å². The van der Waals surface area contributed by atoms with E-state index in [4.69, 9.17) is 23.4 Å². The molecule has 6 rings (SSSR count). The zero-order valence-electron chi connectivity index (χ0n) is 22.0. The number of allylic oxidation sites excluding steroid dienone is 1. The second kappa shape index (κ2) is 7.26. The SMILES string of the molecule is CC(=O)O[C@@H]1C[C@H]2C(C)(C)OC(=O)C=C[C@]2(C)C2[C@@H](O)C[C@@]3(C)[C@H](c4ccoc4)OC(=O)[C@H]4O[C@]43[C@@]21C. The van der Waals surface area contributed by atoms with E-state index in [1.807, 2.05) is 40.7 Å². The van der Waals surface area contributed by atoms with Crippen molar-refractivity contribution in [2.24, 2.45) is 28.1 Å². The first-order valence-electron chi connectivity index (χ1n) is 12.9. The number of esters is 3. The van der Waals surface area contributed by atoms with Gasteiger partial charge in [0.2, 0.25) is 0 Å². The van der Waals surface area contributed by atoms with Crippen LogP contribution in [0.25, 0.3) is 0 Å². The van der Waals surface area contributed by atoms with Crippen LogP contribution in [0.1, 0.15) is 66.1 Å². The first kappa shape index (κ1) is 24.7. The topological polar surface area (TPSA) is 125 Å². The van der Waals surface area contributed by atoms with Crippen molar-refractivity contribution in [2.75, 3.05) is 0 Å². The van der Waals surface area contributed by atoms with Crippen LogP contribution in [0.15, 0.2) is 35.2 Å². The lowest BCUT2D eigenvalue weighted by Gasteiger charge is -2.68. The highest BCUT2D eigenvalue weighted by molar-refractivity contribution is 5.84. The number of aliphatic hydroxyl groups excluding tert-OH is 1. The van der Waals surface area contributed by atoms with Gasteiger partial charge < -0.3 is 28.5 Å². The minimum Gasteiger partial charge on any atom is -0.472 e. The van der Waals surface area contributed by atoms with E-state index in [9.17, 15) is 19.5 Å². The Kier molecular flexibility index (Phi) is 4.84.